The minimum absolute atomic E-state index is 0.722. The zero-order valence-corrected chi connectivity index (χ0v) is 23.9. The van der Waals surface area contributed by atoms with Crippen LogP contribution in [-0.4, -0.2) is 15.0 Å². The molecule has 0 unspecified atom stereocenters. The first-order valence-electron chi connectivity index (χ1n) is 14.2. The topological polar surface area (TPSA) is 42.5 Å². The molecule has 5 heteroatoms. The van der Waals surface area contributed by atoms with E-state index >= 15 is 0 Å². The van der Waals surface area contributed by atoms with Crippen LogP contribution in [-0.2, 0) is 0 Å². The summed E-state index contributed by atoms with van der Waals surface area (Å²) in [4.78, 5) is 15.1. The highest BCUT2D eigenvalue weighted by Crippen LogP contribution is 2.39. The van der Waals surface area contributed by atoms with E-state index in [0.29, 0.717) is 0 Å². The first kappa shape index (κ1) is 25.2. The second-order valence-corrected chi connectivity index (χ2v) is 11.4. The number of hydrogen-bond acceptors (Lipinski definition) is 4. The zero-order chi connectivity index (χ0) is 28.6. The van der Waals surface area contributed by atoms with Crippen LogP contribution in [0, 0.1) is 0 Å². The molecule has 8 aromatic rings. The summed E-state index contributed by atoms with van der Waals surface area (Å²) in [7, 11) is 0. The Hall–Kier alpha value is -5.52. The molecule has 4 nitrogen and oxygen atoms in total. The highest BCUT2D eigenvalue weighted by Gasteiger charge is 2.18. The van der Waals surface area contributed by atoms with Gasteiger partial charge in [-0.25, -0.2) is 9.97 Å². The van der Waals surface area contributed by atoms with Crippen LogP contribution in [0.4, 0.5) is 0 Å². The molecule has 43 heavy (non-hydrogen) atoms. The average Bonchev–Trinajstić information content (AvgIpc) is 3.47. The SMILES string of the molecule is c1ccc(-c2nc(-c3cccc(-c4cccc(-c5nccc[n+]5-c5ccccc5)c4)c3)nc3c2sc2ccccc23)cc1. The van der Waals surface area contributed by atoms with Gasteiger partial charge >= 0.3 is 5.82 Å². The van der Waals surface area contributed by atoms with Crippen molar-refractivity contribution in [1.82, 2.24) is 15.0 Å². The molecular weight excluding hydrogens is 545 g/mol. The lowest BCUT2D eigenvalue weighted by Crippen LogP contribution is -2.33. The van der Waals surface area contributed by atoms with Crippen molar-refractivity contribution in [1.29, 1.82) is 0 Å². The van der Waals surface area contributed by atoms with Crippen LogP contribution in [0.3, 0.4) is 0 Å². The summed E-state index contributed by atoms with van der Waals surface area (Å²) in [5.41, 5.74) is 8.36. The van der Waals surface area contributed by atoms with Crippen molar-refractivity contribution in [2.45, 2.75) is 0 Å². The van der Waals surface area contributed by atoms with Gasteiger partial charge in [0.15, 0.2) is 5.82 Å². The van der Waals surface area contributed by atoms with Crippen LogP contribution in [0.1, 0.15) is 0 Å². The Bertz CT molecular complexity index is 2240. The van der Waals surface area contributed by atoms with E-state index < -0.39 is 0 Å². The smallest absolute Gasteiger partial charge is 0.226 e. The molecule has 0 aliphatic rings. The summed E-state index contributed by atoms with van der Waals surface area (Å²) < 4.78 is 4.45. The fourth-order valence-electron chi connectivity index (χ4n) is 5.57. The molecule has 0 fully saturated rings. The van der Waals surface area contributed by atoms with Crippen LogP contribution in [0.5, 0.6) is 0 Å². The molecule has 0 saturated heterocycles. The number of thiophene rings is 1. The molecule has 0 aliphatic heterocycles. The summed E-state index contributed by atoms with van der Waals surface area (Å²) >= 11 is 1.75. The first-order valence-corrected chi connectivity index (χ1v) is 15.0. The van der Waals surface area contributed by atoms with Gasteiger partial charge in [-0.3, -0.25) is 0 Å². The molecule has 202 valence electrons. The number of para-hydroxylation sites is 1. The largest absolute Gasteiger partial charge is 0.335 e. The van der Waals surface area contributed by atoms with Gasteiger partial charge in [0, 0.05) is 27.3 Å². The number of fused-ring (bicyclic) bond motifs is 3. The van der Waals surface area contributed by atoms with Crippen molar-refractivity contribution in [3.05, 3.63) is 152 Å². The van der Waals surface area contributed by atoms with Crippen molar-refractivity contribution < 1.29 is 4.57 Å². The fourth-order valence-corrected chi connectivity index (χ4v) is 6.72. The van der Waals surface area contributed by atoms with Gasteiger partial charge < -0.3 is 0 Å². The van der Waals surface area contributed by atoms with Gasteiger partial charge in [-0.05, 0) is 52.5 Å². The fraction of sp³-hybridized carbons (Fsp3) is 0. The Morgan fingerprint density at radius 3 is 2.00 bits per heavy atom. The molecule has 0 spiro atoms. The summed E-state index contributed by atoms with van der Waals surface area (Å²) in [6, 6.07) is 48.2. The Morgan fingerprint density at radius 2 is 1.19 bits per heavy atom. The molecule has 0 N–H and O–H groups in total. The number of nitrogens with zero attached hydrogens (tertiary/aromatic N) is 4. The number of benzene rings is 5. The van der Waals surface area contributed by atoms with Crippen molar-refractivity contribution in [3.8, 4) is 50.8 Å². The van der Waals surface area contributed by atoms with Gasteiger partial charge in [0.25, 0.3) is 0 Å². The summed E-state index contributed by atoms with van der Waals surface area (Å²) in [5, 5.41) is 1.16. The Balaban J connectivity index is 1.25. The maximum absolute atomic E-state index is 5.17. The second-order valence-electron chi connectivity index (χ2n) is 10.3. The van der Waals surface area contributed by atoms with Gasteiger partial charge in [-0.1, -0.05) is 97.1 Å². The normalized spacial score (nSPS) is 11.3. The van der Waals surface area contributed by atoms with Crippen LogP contribution in [0.25, 0.3) is 71.2 Å². The Kier molecular flexibility index (Phi) is 6.28. The van der Waals surface area contributed by atoms with Gasteiger partial charge in [0.05, 0.1) is 21.5 Å². The highest BCUT2D eigenvalue weighted by molar-refractivity contribution is 7.26. The van der Waals surface area contributed by atoms with Gasteiger partial charge in [0.1, 0.15) is 18.1 Å². The monoisotopic (exact) mass is 569 g/mol. The third kappa shape index (κ3) is 4.66. The number of rotatable bonds is 5. The van der Waals surface area contributed by atoms with Crippen LogP contribution >= 0.6 is 11.3 Å². The van der Waals surface area contributed by atoms with E-state index in [2.05, 4.69) is 120 Å². The summed E-state index contributed by atoms with van der Waals surface area (Å²) in [6.45, 7) is 0. The minimum Gasteiger partial charge on any atom is -0.226 e. The van der Waals surface area contributed by atoms with E-state index in [4.69, 9.17) is 15.0 Å². The van der Waals surface area contributed by atoms with E-state index in [0.717, 1.165) is 66.5 Å². The molecule has 0 bridgehead atoms. The van der Waals surface area contributed by atoms with Crippen molar-refractivity contribution in [3.63, 3.8) is 0 Å². The van der Waals surface area contributed by atoms with Gasteiger partial charge in [0.2, 0.25) is 0 Å². The van der Waals surface area contributed by atoms with Crippen LogP contribution < -0.4 is 4.57 Å². The van der Waals surface area contributed by atoms with Gasteiger partial charge in [-0.15, -0.1) is 11.3 Å². The summed E-state index contributed by atoms with van der Waals surface area (Å²) in [6.07, 6.45) is 3.89. The zero-order valence-electron chi connectivity index (χ0n) is 23.1. The van der Waals surface area contributed by atoms with E-state index in [1.807, 2.05) is 36.5 Å². The molecule has 0 saturated carbocycles. The van der Waals surface area contributed by atoms with Crippen molar-refractivity contribution in [2.75, 3.05) is 0 Å². The third-order valence-electron chi connectivity index (χ3n) is 7.62. The van der Waals surface area contributed by atoms with Crippen molar-refractivity contribution in [2.24, 2.45) is 0 Å². The van der Waals surface area contributed by atoms with Gasteiger partial charge in [-0.2, -0.15) is 4.57 Å². The Morgan fingerprint density at radius 1 is 0.535 bits per heavy atom. The van der Waals surface area contributed by atoms with E-state index in [9.17, 15) is 0 Å². The maximum atomic E-state index is 5.17. The van der Waals surface area contributed by atoms with E-state index in [1.54, 1.807) is 11.3 Å². The van der Waals surface area contributed by atoms with Crippen molar-refractivity contribution >= 4 is 31.6 Å². The number of aromatic nitrogens is 4. The second kappa shape index (κ2) is 10.7. The quantitative estimate of drug-likeness (QED) is 0.194. The standard InChI is InChI=1S/C38H25N4S/c1-3-12-26(13-4-1)34-36-35(32-20-7-8-21-33(32)43-36)41-37(40-34)29-16-9-14-27(24-29)28-15-10-17-30(25-28)38-39-22-11-23-42(38)31-18-5-2-6-19-31/h1-25H/q+1. The number of hydrogen-bond donors (Lipinski definition) is 0. The van der Waals surface area contributed by atoms with E-state index in [-0.39, 0.29) is 0 Å². The molecule has 0 atom stereocenters. The molecule has 0 aliphatic carbocycles. The minimum atomic E-state index is 0.722. The molecule has 5 aromatic carbocycles. The lowest BCUT2D eigenvalue weighted by molar-refractivity contribution is -0.587. The molecule has 3 heterocycles. The average molecular weight is 570 g/mol. The Labute approximate surface area is 253 Å². The highest BCUT2D eigenvalue weighted by atomic mass is 32.1. The van der Waals surface area contributed by atoms with Crippen LogP contribution in [0.15, 0.2) is 152 Å². The van der Waals surface area contributed by atoms with E-state index in [1.165, 1.54) is 4.70 Å². The predicted octanol–water partition coefficient (Wildman–Crippen LogP) is 9.18. The third-order valence-corrected chi connectivity index (χ3v) is 8.79. The molecule has 8 rings (SSSR count). The lowest BCUT2D eigenvalue weighted by Gasteiger charge is -2.09. The molecular formula is C38H25N4S+. The van der Waals surface area contributed by atoms with Crippen LogP contribution in [0.2, 0.25) is 0 Å². The molecule has 0 radical (unpaired) electrons. The molecule has 0 amide bonds. The summed E-state index contributed by atoms with van der Waals surface area (Å²) in [5.74, 6) is 1.61. The first-order chi connectivity index (χ1) is 21.3. The maximum Gasteiger partial charge on any atom is 0.335 e. The predicted molar refractivity (Wildman–Crippen MR) is 176 cm³/mol. The lowest BCUT2D eigenvalue weighted by atomic mass is 10.00. The molecule has 3 aromatic heterocycles.